The minimum Gasteiger partial charge on any atom is -0.450 e. The minimum absolute atomic E-state index is 0.0676. The number of hydrogen-bond donors (Lipinski definition) is 3. The van der Waals surface area contributed by atoms with Crippen LogP contribution in [0.2, 0.25) is 0 Å². The van der Waals surface area contributed by atoms with Crippen molar-refractivity contribution in [3.8, 4) is 11.1 Å². The van der Waals surface area contributed by atoms with Crippen LogP contribution in [0.15, 0.2) is 64.0 Å². The van der Waals surface area contributed by atoms with Crippen LogP contribution in [0.5, 0.6) is 0 Å². The van der Waals surface area contributed by atoms with Gasteiger partial charge in [-0.3, -0.25) is 9.16 Å². The molecular formula is C27H31N6O6S-. The van der Waals surface area contributed by atoms with E-state index in [0.29, 0.717) is 53.8 Å². The van der Waals surface area contributed by atoms with Crippen molar-refractivity contribution in [3.05, 3.63) is 60.3 Å². The van der Waals surface area contributed by atoms with Gasteiger partial charge in [0.1, 0.15) is 5.82 Å². The molecule has 2 amide bonds. The third-order valence-electron chi connectivity index (χ3n) is 5.90. The van der Waals surface area contributed by atoms with Crippen molar-refractivity contribution in [2.75, 3.05) is 50.2 Å². The van der Waals surface area contributed by atoms with Gasteiger partial charge >= 0.3 is 6.09 Å². The second kappa shape index (κ2) is 13.8. The predicted octanol–water partition coefficient (Wildman–Crippen LogP) is 3.82. The Balaban J connectivity index is 1.57. The summed E-state index contributed by atoms with van der Waals surface area (Å²) in [7, 11) is -1.89. The molecule has 1 aliphatic rings. The lowest BCUT2D eigenvalue weighted by molar-refractivity contribution is 0.0303. The van der Waals surface area contributed by atoms with Crippen LogP contribution in [0.1, 0.15) is 24.2 Å². The van der Waals surface area contributed by atoms with Gasteiger partial charge in [-0.2, -0.15) is 4.98 Å². The lowest BCUT2D eigenvalue weighted by atomic mass is 10.0. The number of nitrogens with one attached hydrogen (secondary N) is 2. The minimum atomic E-state index is -1.89. The first-order valence-corrected chi connectivity index (χ1v) is 13.9. The molecule has 0 saturated carbocycles. The van der Waals surface area contributed by atoms with Gasteiger partial charge in [-0.25, -0.2) is 9.78 Å². The summed E-state index contributed by atoms with van der Waals surface area (Å²) in [6, 6.07) is 13.4. The fourth-order valence-corrected chi connectivity index (χ4v) is 4.53. The highest BCUT2D eigenvalue weighted by molar-refractivity contribution is 7.75. The Morgan fingerprint density at radius 1 is 1.20 bits per heavy atom. The number of amides is 2. The maximum absolute atomic E-state index is 13.0. The molecule has 40 heavy (non-hydrogen) atoms. The molecule has 1 aromatic heterocycles. The van der Waals surface area contributed by atoms with Crippen LogP contribution in [0.4, 0.5) is 22.2 Å². The Bertz CT molecular complexity index is 1420. The number of aliphatic hydroxyl groups excluding tert-OH is 1. The van der Waals surface area contributed by atoms with Crippen molar-refractivity contribution >= 4 is 40.0 Å². The van der Waals surface area contributed by atoms with Gasteiger partial charge in [-0.05, 0) is 43.7 Å². The SMILES string of the molecule is CCOC(=O)N=[S-](=O)c1ccc(Nc2ncc(-c3cccc(C(=O)N4CCOCC4)c3)c(N[C@H](C)CO)n2)cc1. The van der Waals surface area contributed by atoms with E-state index in [1.165, 1.54) is 0 Å². The van der Waals surface area contributed by atoms with E-state index in [1.54, 1.807) is 54.4 Å². The standard InChI is InChI=1S/C27H31N6O6S/c1-3-39-27(36)32-40(37)22-9-7-21(8-10-22)30-26-28-16-23(24(31-26)29-18(2)17-34)19-5-4-6-20(15-19)25(35)33-11-13-38-14-12-33/h4-10,15-16,18,34H,3,11-14,17H2,1-2H3,(H2,28,29,30,31)/q-1/t18-/m1/s1. The summed E-state index contributed by atoms with van der Waals surface area (Å²) in [5.74, 6) is 0.685. The van der Waals surface area contributed by atoms with Gasteiger partial charge in [0.25, 0.3) is 5.91 Å². The molecule has 3 N–H and O–H groups in total. The highest BCUT2D eigenvalue weighted by Gasteiger charge is 2.20. The van der Waals surface area contributed by atoms with E-state index in [4.69, 9.17) is 9.47 Å². The van der Waals surface area contributed by atoms with Crippen LogP contribution >= 0.6 is 0 Å². The number of anilines is 3. The van der Waals surface area contributed by atoms with Gasteiger partial charge in [0.15, 0.2) is 0 Å². The molecule has 2 heterocycles. The molecule has 0 unspecified atom stereocenters. The third-order valence-corrected chi connectivity index (χ3v) is 6.89. The number of aliphatic hydroxyl groups is 1. The van der Waals surface area contributed by atoms with Gasteiger partial charge < -0.3 is 34.3 Å². The van der Waals surface area contributed by atoms with Gasteiger partial charge in [-0.1, -0.05) is 29.2 Å². The number of morpholine rings is 1. The Morgan fingerprint density at radius 2 is 1.95 bits per heavy atom. The normalized spacial score (nSPS) is 14.8. The van der Waals surface area contributed by atoms with Crippen molar-refractivity contribution in [2.24, 2.45) is 4.36 Å². The molecule has 212 valence electrons. The molecule has 12 nitrogen and oxygen atoms in total. The molecule has 1 fully saturated rings. The van der Waals surface area contributed by atoms with Crippen LogP contribution in [0.3, 0.4) is 0 Å². The van der Waals surface area contributed by atoms with E-state index in [1.807, 2.05) is 19.1 Å². The molecule has 4 rings (SSSR count). The second-order valence-corrected chi connectivity index (χ2v) is 10.0. The van der Waals surface area contributed by atoms with E-state index in [0.717, 1.165) is 5.56 Å². The number of ether oxygens (including phenoxy) is 2. The highest BCUT2D eigenvalue weighted by Crippen LogP contribution is 2.29. The van der Waals surface area contributed by atoms with E-state index in [9.17, 15) is 18.9 Å². The first kappa shape index (κ1) is 28.9. The van der Waals surface area contributed by atoms with Crippen molar-refractivity contribution in [1.82, 2.24) is 14.9 Å². The number of hydrogen-bond acceptors (Lipinski definition) is 11. The molecule has 0 radical (unpaired) electrons. The fourth-order valence-electron chi connectivity index (χ4n) is 3.87. The zero-order chi connectivity index (χ0) is 28.5. The van der Waals surface area contributed by atoms with E-state index in [-0.39, 0.29) is 31.1 Å². The zero-order valence-electron chi connectivity index (χ0n) is 22.2. The average Bonchev–Trinajstić information content (AvgIpc) is 2.98. The topological polar surface area (TPSA) is 155 Å². The summed E-state index contributed by atoms with van der Waals surface area (Å²) in [5.41, 5.74) is 2.57. The lowest BCUT2D eigenvalue weighted by Crippen LogP contribution is -2.40. The maximum atomic E-state index is 13.0. The molecule has 1 atom stereocenters. The molecule has 1 aliphatic heterocycles. The zero-order valence-corrected chi connectivity index (χ0v) is 23.0. The van der Waals surface area contributed by atoms with Crippen molar-refractivity contribution < 1.29 is 28.4 Å². The summed E-state index contributed by atoms with van der Waals surface area (Å²) < 4.78 is 25.8. The Hall–Kier alpha value is -4.07. The molecule has 0 spiro atoms. The largest absolute Gasteiger partial charge is 0.450 e. The van der Waals surface area contributed by atoms with E-state index >= 15 is 0 Å². The third kappa shape index (κ3) is 7.52. The predicted molar refractivity (Wildman–Crippen MR) is 150 cm³/mol. The molecule has 1 saturated heterocycles. The molecular weight excluding hydrogens is 536 g/mol. The Morgan fingerprint density at radius 3 is 2.65 bits per heavy atom. The summed E-state index contributed by atoms with van der Waals surface area (Å²) in [6.07, 6.45) is 0.756. The fraction of sp³-hybridized carbons (Fsp3) is 0.333. The number of benzene rings is 2. The second-order valence-electron chi connectivity index (χ2n) is 8.86. The summed E-state index contributed by atoms with van der Waals surface area (Å²) in [5, 5.41) is 15.9. The maximum Gasteiger partial charge on any atom is 0.410 e. The summed E-state index contributed by atoms with van der Waals surface area (Å²) in [4.78, 5) is 35.7. The van der Waals surface area contributed by atoms with Crippen LogP contribution < -0.4 is 10.6 Å². The van der Waals surface area contributed by atoms with Crippen LogP contribution in [-0.2, 0) is 24.3 Å². The van der Waals surface area contributed by atoms with Crippen molar-refractivity contribution in [2.45, 2.75) is 24.8 Å². The van der Waals surface area contributed by atoms with E-state index < -0.39 is 16.7 Å². The lowest BCUT2D eigenvalue weighted by Gasteiger charge is -2.27. The molecule has 0 bridgehead atoms. The molecule has 2 aromatic carbocycles. The summed E-state index contributed by atoms with van der Waals surface area (Å²) >= 11 is 0. The molecule has 3 aromatic rings. The van der Waals surface area contributed by atoms with Gasteiger partial charge in [0, 0.05) is 42.1 Å². The quantitative estimate of drug-likeness (QED) is 0.325. The van der Waals surface area contributed by atoms with Gasteiger partial charge in [0.2, 0.25) is 5.95 Å². The van der Waals surface area contributed by atoms with Gasteiger partial charge in [0.05, 0.1) is 26.4 Å². The number of carbonyl (C=O) groups excluding carboxylic acids is 2. The van der Waals surface area contributed by atoms with Crippen LogP contribution in [0.25, 0.3) is 11.1 Å². The first-order chi connectivity index (χ1) is 19.4. The van der Waals surface area contributed by atoms with E-state index in [2.05, 4.69) is 25.0 Å². The number of rotatable bonds is 9. The number of aromatic nitrogens is 2. The number of carbonyl (C=O) groups is 2. The summed E-state index contributed by atoms with van der Waals surface area (Å²) in [6.45, 7) is 5.62. The van der Waals surface area contributed by atoms with Gasteiger partial charge in [-0.15, -0.1) is 10.6 Å². The average molecular weight is 568 g/mol. The first-order valence-electron chi connectivity index (χ1n) is 12.8. The van der Waals surface area contributed by atoms with Crippen LogP contribution in [0, 0.1) is 0 Å². The number of nitrogens with zero attached hydrogens (tertiary/aromatic N) is 4. The monoisotopic (exact) mass is 567 g/mol. The smallest absolute Gasteiger partial charge is 0.410 e. The highest BCUT2D eigenvalue weighted by atomic mass is 32.2. The molecule has 13 heteroatoms. The van der Waals surface area contributed by atoms with Crippen LogP contribution in [-0.4, -0.2) is 77.5 Å². The Labute approximate surface area is 234 Å². The van der Waals surface area contributed by atoms with Crippen molar-refractivity contribution in [1.29, 1.82) is 0 Å². The van der Waals surface area contributed by atoms with Crippen molar-refractivity contribution in [3.63, 3.8) is 0 Å². The molecule has 0 aliphatic carbocycles. The Kier molecular flexibility index (Phi) is 10.00.